The second-order valence-corrected chi connectivity index (χ2v) is 7.44. The molecule has 23 heavy (non-hydrogen) atoms. The Morgan fingerprint density at radius 2 is 1.91 bits per heavy atom. The molecule has 1 fully saturated rings. The maximum absolute atomic E-state index is 11.9. The fourth-order valence-corrected chi connectivity index (χ4v) is 3.60. The first-order valence-corrected chi connectivity index (χ1v) is 8.27. The summed E-state index contributed by atoms with van der Waals surface area (Å²) in [6.45, 7) is 6.43. The molecule has 3 rings (SSSR count). The zero-order valence-corrected chi connectivity index (χ0v) is 14.0. The number of hydrazine groups is 1. The molecule has 1 aliphatic heterocycles. The van der Waals surface area contributed by atoms with Crippen LogP contribution in [0, 0.1) is 5.41 Å². The summed E-state index contributed by atoms with van der Waals surface area (Å²) < 4.78 is 0. The van der Waals surface area contributed by atoms with E-state index in [4.69, 9.17) is 4.99 Å². The van der Waals surface area contributed by atoms with Crippen molar-refractivity contribution in [3.63, 3.8) is 0 Å². The Kier molecular flexibility index (Phi) is 4.46. The van der Waals surface area contributed by atoms with Crippen molar-refractivity contribution in [2.45, 2.75) is 51.7 Å². The molecule has 1 aliphatic carbocycles. The van der Waals surface area contributed by atoms with Crippen molar-refractivity contribution in [3.8, 4) is 0 Å². The molecule has 0 amide bonds. The van der Waals surface area contributed by atoms with E-state index in [1.54, 1.807) is 6.08 Å². The summed E-state index contributed by atoms with van der Waals surface area (Å²) in [4.78, 5) is 16.6. The molecule has 0 aromatic heterocycles. The molecule has 2 N–H and O–H groups in total. The molecule has 0 bridgehead atoms. The molecule has 2 aliphatic rings. The molecular formula is C19H25N3O. The van der Waals surface area contributed by atoms with E-state index in [-0.39, 0.29) is 23.3 Å². The zero-order chi connectivity index (χ0) is 16.4. The lowest BCUT2D eigenvalue weighted by Crippen LogP contribution is -2.31. The lowest BCUT2D eigenvalue weighted by atomic mass is 9.77. The van der Waals surface area contributed by atoms with Crippen LogP contribution in [0.4, 0.5) is 0 Å². The van der Waals surface area contributed by atoms with Gasteiger partial charge in [-0.2, -0.15) is 0 Å². The van der Waals surface area contributed by atoms with Gasteiger partial charge in [0, 0.05) is 24.6 Å². The maximum atomic E-state index is 11.9. The van der Waals surface area contributed by atoms with Gasteiger partial charge in [-0.1, -0.05) is 44.2 Å². The van der Waals surface area contributed by atoms with Crippen molar-refractivity contribution in [1.29, 1.82) is 0 Å². The molecule has 1 aromatic rings. The van der Waals surface area contributed by atoms with Crippen LogP contribution in [0.15, 0.2) is 47.0 Å². The van der Waals surface area contributed by atoms with Crippen LogP contribution in [-0.2, 0) is 4.79 Å². The van der Waals surface area contributed by atoms with Crippen molar-refractivity contribution < 1.29 is 4.79 Å². The Balaban J connectivity index is 1.78. The second-order valence-electron chi connectivity index (χ2n) is 7.44. The van der Waals surface area contributed by atoms with E-state index in [1.165, 1.54) is 5.56 Å². The largest absolute Gasteiger partial charge is 0.295 e. The van der Waals surface area contributed by atoms with Gasteiger partial charge in [0.15, 0.2) is 5.78 Å². The van der Waals surface area contributed by atoms with E-state index in [0.717, 1.165) is 12.0 Å². The van der Waals surface area contributed by atoms with Gasteiger partial charge in [0.1, 0.15) is 6.17 Å². The average Bonchev–Trinajstić information content (AvgIpc) is 2.85. The van der Waals surface area contributed by atoms with E-state index in [0.29, 0.717) is 12.5 Å². The molecule has 4 heteroatoms. The number of nitrogens with zero attached hydrogens (tertiary/aromatic N) is 1. The first-order chi connectivity index (χ1) is 10.9. The lowest BCUT2D eigenvalue weighted by Gasteiger charge is -2.27. The molecule has 4 nitrogen and oxygen atoms in total. The Morgan fingerprint density at radius 3 is 2.61 bits per heavy atom. The van der Waals surface area contributed by atoms with Crippen LogP contribution in [0.2, 0.25) is 0 Å². The normalized spacial score (nSPS) is 30.7. The van der Waals surface area contributed by atoms with Crippen LogP contribution in [0.5, 0.6) is 0 Å². The van der Waals surface area contributed by atoms with Gasteiger partial charge in [-0.3, -0.25) is 15.2 Å². The summed E-state index contributed by atoms with van der Waals surface area (Å²) in [6, 6.07) is 10.7. The number of hydrogen-bond donors (Lipinski definition) is 2. The lowest BCUT2D eigenvalue weighted by molar-refractivity contribution is -0.116. The Hall–Kier alpha value is -1.78. The van der Waals surface area contributed by atoms with Gasteiger partial charge in [0.2, 0.25) is 0 Å². The molecule has 0 spiro atoms. The fourth-order valence-electron chi connectivity index (χ4n) is 3.60. The summed E-state index contributed by atoms with van der Waals surface area (Å²) >= 11 is 0. The second kappa shape index (κ2) is 6.38. The van der Waals surface area contributed by atoms with E-state index in [9.17, 15) is 4.79 Å². The Labute approximate surface area is 138 Å². The quantitative estimate of drug-likeness (QED) is 0.844. The molecule has 0 radical (unpaired) electrons. The van der Waals surface area contributed by atoms with Crippen molar-refractivity contribution in [1.82, 2.24) is 10.9 Å². The van der Waals surface area contributed by atoms with E-state index < -0.39 is 0 Å². The van der Waals surface area contributed by atoms with Crippen LogP contribution >= 0.6 is 0 Å². The van der Waals surface area contributed by atoms with Crippen LogP contribution in [0.3, 0.4) is 0 Å². The number of carbonyl (C=O) groups excluding carboxylic acids is 1. The van der Waals surface area contributed by atoms with Gasteiger partial charge >= 0.3 is 0 Å². The number of carbonyl (C=O) groups is 1. The number of rotatable bonds is 3. The van der Waals surface area contributed by atoms with Crippen molar-refractivity contribution in [3.05, 3.63) is 47.5 Å². The minimum atomic E-state index is -0.0200. The molecule has 1 saturated heterocycles. The maximum Gasteiger partial charge on any atom is 0.156 e. The molecular weight excluding hydrogens is 286 g/mol. The third kappa shape index (κ3) is 3.77. The first-order valence-electron chi connectivity index (χ1n) is 8.27. The topological polar surface area (TPSA) is 53.5 Å². The van der Waals surface area contributed by atoms with Crippen LogP contribution in [0.25, 0.3) is 0 Å². The number of hydrogen-bond acceptors (Lipinski definition) is 4. The monoisotopic (exact) mass is 311 g/mol. The average molecular weight is 311 g/mol. The highest BCUT2D eigenvalue weighted by Gasteiger charge is 2.34. The molecule has 1 aromatic carbocycles. The standard InChI is InChI=1S/C19H25N3O/c1-13-17(15-7-5-4-6-8-15)18(22-21-13)20-12-14-9-16(23)11-19(2,3)10-14/h4-9,12-13,17-18,21-22H,10-11H2,1-3H3/b20-12+. The number of nitrogens with one attached hydrogen (secondary N) is 2. The predicted molar refractivity (Wildman–Crippen MR) is 93.3 cm³/mol. The number of aliphatic imine (C=N–C) groups is 1. The predicted octanol–water partition coefficient (Wildman–Crippen LogP) is 2.98. The molecule has 1 heterocycles. The zero-order valence-electron chi connectivity index (χ0n) is 14.0. The van der Waals surface area contributed by atoms with Gasteiger partial charge in [0.05, 0.1) is 0 Å². The van der Waals surface area contributed by atoms with Gasteiger partial charge in [-0.25, -0.2) is 5.43 Å². The van der Waals surface area contributed by atoms with Crippen molar-refractivity contribution in [2.24, 2.45) is 10.4 Å². The fraction of sp³-hybridized carbons (Fsp3) is 0.474. The highest BCUT2D eigenvalue weighted by atomic mass is 16.1. The van der Waals surface area contributed by atoms with Gasteiger partial charge in [-0.15, -0.1) is 0 Å². The molecule has 122 valence electrons. The molecule has 3 atom stereocenters. The number of ketones is 1. The third-order valence-electron chi connectivity index (χ3n) is 4.61. The van der Waals surface area contributed by atoms with E-state index in [2.05, 4.69) is 55.9 Å². The summed E-state index contributed by atoms with van der Waals surface area (Å²) in [5.41, 5.74) is 8.87. The smallest absolute Gasteiger partial charge is 0.156 e. The number of benzene rings is 1. The summed E-state index contributed by atoms with van der Waals surface area (Å²) in [6.07, 6.45) is 5.13. The number of allylic oxidation sites excluding steroid dienone is 2. The van der Waals surface area contributed by atoms with Crippen molar-refractivity contribution >= 4 is 12.0 Å². The Morgan fingerprint density at radius 1 is 1.17 bits per heavy atom. The van der Waals surface area contributed by atoms with Gasteiger partial charge < -0.3 is 0 Å². The summed E-state index contributed by atoms with van der Waals surface area (Å²) in [5, 5.41) is 0. The minimum Gasteiger partial charge on any atom is -0.295 e. The molecule has 3 unspecified atom stereocenters. The highest BCUT2D eigenvalue weighted by molar-refractivity contribution is 5.98. The Bertz CT molecular complexity index is 633. The van der Waals surface area contributed by atoms with E-state index >= 15 is 0 Å². The first kappa shape index (κ1) is 16.1. The van der Waals surface area contributed by atoms with Crippen molar-refractivity contribution in [2.75, 3.05) is 0 Å². The van der Waals surface area contributed by atoms with Crippen LogP contribution in [-0.4, -0.2) is 24.2 Å². The molecule has 0 saturated carbocycles. The SMILES string of the molecule is CC1NNC(/N=C/C2=CC(=O)CC(C)(C)C2)C1c1ccccc1. The van der Waals surface area contributed by atoms with Crippen LogP contribution in [0.1, 0.15) is 45.1 Å². The van der Waals surface area contributed by atoms with E-state index in [1.807, 2.05) is 12.3 Å². The van der Waals surface area contributed by atoms with Gasteiger partial charge in [-0.05, 0) is 36.0 Å². The third-order valence-corrected chi connectivity index (χ3v) is 4.61. The van der Waals surface area contributed by atoms with Crippen LogP contribution < -0.4 is 10.9 Å². The highest BCUT2D eigenvalue weighted by Crippen LogP contribution is 2.33. The summed E-state index contributed by atoms with van der Waals surface area (Å²) in [7, 11) is 0. The minimum absolute atomic E-state index is 0.0200. The van der Waals surface area contributed by atoms with Gasteiger partial charge in [0.25, 0.3) is 0 Å². The summed E-state index contributed by atoms with van der Waals surface area (Å²) in [5.74, 6) is 0.480.